The zero-order chi connectivity index (χ0) is 8.27. The van der Waals surface area contributed by atoms with Crippen molar-refractivity contribution in [3.05, 3.63) is 18.1 Å². The molecular weight excluding hydrogens is 142 g/mol. The lowest BCUT2D eigenvalue weighted by molar-refractivity contribution is 0.111. The summed E-state index contributed by atoms with van der Waals surface area (Å²) in [4.78, 5) is 19.8. The predicted molar refractivity (Wildman–Crippen MR) is 41.7 cm³/mol. The van der Waals surface area contributed by atoms with E-state index in [-0.39, 0.29) is 0 Å². The van der Waals surface area contributed by atoms with Gasteiger partial charge in [-0.15, -0.1) is 0 Å². The molecule has 1 rings (SSSR count). The molecule has 0 aliphatic heterocycles. The molecule has 0 fully saturated rings. The Morgan fingerprint density at radius 2 is 2.09 bits per heavy atom. The summed E-state index contributed by atoms with van der Waals surface area (Å²) in [5, 5.41) is 0. The van der Waals surface area contributed by atoms with Crippen LogP contribution in [-0.4, -0.2) is 30.3 Å². The van der Waals surface area contributed by atoms with Crippen LogP contribution in [0.2, 0.25) is 0 Å². The minimum absolute atomic E-state index is 0.357. The Bertz CT molecular complexity index is 242. The lowest BCUT2D eigenvalue weighted by Gasteiger charge is -2.08. The van der Waals surface area contributed by atoms with Gasteiger partial charge in [-0.05, 0) is 0 Å². The molecular formula is C7H9N3O. The standard InChI is InChI=1S/C7H9N3O/c1-10(2)7-4-8-6(5-11)3-9-7/h3-5H,1-2H3. The topological polar surface area (TPSA) is 46.1 Å². The molecule has 4 heteroatoms. The molecule has 0 atom stereocenters. The normalized spacial score (nSPS) is 9.27. The van der Waals surface area contributed by atoms with Gasteiger partial charge < -0.3 is 4.90 Å². The maximum absolute atomic E-state index is 10.2. The van der Waals surface area contributed by atoms with Gasteiger partial charge in [0, 0.05) is 14.1 Å². The van der Waals surface area contributed by atoms with Crippen LogP contribution in [0.4, 0.5) is 5.82 Å². The van der Waals surface area contributed by atoms with Crippen LogP contribution in [0.5, 0.6) is 0 Å². The Kier molecular flexibility index (Phi) is 2.15. The Labute approximate surface area is 64.9 Å². The number of anilines is 1. The molecule has 4 nitrogen and oxygen atoms in total. The van der Waals surface area contributed by atoms with Crippen LogP contribution in [0, 0.1) is 0 Å². The van der Waals surface area contributed by atoms with E-state index in [1.165, 1.54) is 6.20 Å². The number of hydrogen-bond acceptors (Lipinski definition) is 4. The van der Waals surface area contributed by atoms with Crippen LogP contribution in [0.1, 0.15) is 10.5 Å². The van der Waals surface area contributed by atoms with Gasteiger partial charge in [0.2, 0.25) is 0 Å². The first-order chi connectivity index (χ1) is 5.24. The fourth-order valence-corrected chi connectivity index (χ4v) is 0.623. The quantitative estimate of drug-likeness (QED) is 0.572. The molecule has 58 valence electrons. The first kappa shape index (κ1) is 7.65. The van der Waals surface area contributed by atoms with Gasteiger partial charge >= 0.3 is 0 Å². The van der Waals surface area contributed by atoms with Gasteiger partial charge in [0.1, 0.15) is 11.5 Å². The Morgan fingerprint density at radius 1 is 1.36 bits per heavy atom. The summed E-state index contributed by atoms with van der Waals surface area (Å²) < 4.78 is 0. The summed E-state index contributed by atoms with van der Waals surface area (Å²) in [5.41, 5.74) is 0.357. The molecule has 11 heavy (non-hydrogen) atoms. The van der Waals surface area contributed by atoms with E-state index < -0.39 is 0 Å². The van der Waals surface area contributed by atoms with Crippen LogP contribution >= 0.6 is 0 Å². The zero-order valence-electron chi connectivity index (χ0n) is 6.48. The van der Waals surface area contributed by atoms with Crippen molar-refractivity contribution in [1.82, 2.24) is 9.97 Å². The van der Waals surface area contributed by atoms with Gasteiger partial charge in [-0.2, -0.15) is 0 Å². The number of nitrogens with zero attached hydrogens (tertiary/aromatic N) is 3. The molecule has 0 unspecified atom stereocenters. The molecule has 0 N–H and O–H groups in total. The number of rotatable bonds is 2. The van der Waals surface area contributed by atoms with Crippen LogP contribution in [0.25, 0.3) is 0 Å². The fraction of sp³-hybridized carbons (Fsp3) is 0.286. The largest absolute Gasteiger partial charge is 0.361 e. The molecule has 0 aliphatic carbocycles. The van der Waals surface area contributed by atoms with Crippen molar-refractivity contribution < 1.29 is 4.79 Å². The molecule has 0 amide bonds. The first-order valence-electron chi connectivity index (χ1n) is 3.18. The van der Waals surface area contributed by atoms with Crippen LogP contribution in [-0.2, 0) is 0 Å². The predicted octanol–water partition coefficient (Wildman–Crippen LogP) is 0.355. The van der Waals surface area contributed by atoms with Gasteiger partial charge in [-0.25, -0.2) is 9.97 Å². The zero-order valence-corrected chi connectivity index (χ0v) is 6.48. The molecule has 0 aliphatic rings. The molecule has 0 aromatic carbocycles. The van der Waals surface area contributed by atoms with Crippen molar-refractivity contribution in [2.24, 2.45) is 0 Å². The number of carbonyl (C=O) groups is 1. The smallest absolute Gasteiger partial charge is 0.170 e. The molecule has 0 spiro atoms. The highest BCUT2D eigenvalue weighted by Crippen LogP contribution is 2.02. The van der Waals surface area contributed by atoms with Gasteiger partial charge in [0.05, 0.1) is 12.4 Å². The average molecular weight is 151 g/mol. The number of aldehydes is 1. The Morgan fingerprint density at radius 3 is 2.45 bits per heavy atom. The number of aromatic nitrogens is 2. The van der Waals surface area contributed by atoms with Crippen molar-refractivity contribution in [2.75, 3.05) is 19.0 Å². The second kappa shape index (κ2) is 3.09. The highest BCUT2D eigenvalue weighted by Gasteiger charge is 1.96. The summed E-state index contributed by atoms with van der Waals surface area (Å²) in [5.74, 6) is 0.746. The highest BCUT2D eigenvalue weighted by molar-refractivity contribution is 5.71. The molecule has 0 saturated carbocycles. The van der Waals surface area contributed by atoms with E-state index in [0.29, 0.717) is 12.0 Å². The molecule has 1 aromatic rings. The van der Waals surface area contributed by atoms with E-state index in [2.05, 4.69) is 9.97 Å². The van der Waals surface area contributed by atoms with E-state index >= 15 is 0 Å². The van der Waals surface area contributed by atoms with Gasteiger partial charge in [-0.3, -0.25) is 4.79 Å². The Hall–Kier alpha value is -1.45. The maximum atomic E-state index is 10.2. The van der Waals surface area contributed by atoms with E-state index in [1.54, 1.807) is 6.20 Å². The third-order valence-corrected chi connectivity index (χ3v) is 1.24. The van der Waals surface area contributed by atoms with Crippen LogP contribution < -0.4 is 4.90 Å². The van der Waals surface area contributed by atoms with Crippen LogP contribution in [0.3, 0.4) is 0 Å². The second-order valence-electron chi connectivity index (χ2n) is 2.31. The molecule has 0 radical (unpaired) electrons. The van der Waals surface area contributed by atoms with Crippen molar-refractivity contribution in [1.29, 1.82) is 0 Å². The summed E-state index contributed by atoms with van der Waals surface area (Å²) in [6.07, 6.45) is 3.68. The number of hydrogen-bond donors (Lipinski definition) is 0. The third kappa shape index (κ3) is 1.73. The lowest BCUT2D eigenvalue weighted by atomic mass is 10.5. The molecule has 0 bridgehead atoms. The van der Waals surface area contributed by atoms with Crippen LogP contribution in [0.15, 0.2) is 12.4 Å². The first-order valence-corrected chi connectivity index (χ1v) is 3.18. The summed E-state index contributed by atoms with van der Waals surface area (Å²) in [7, 11) is 3.73. The van der Waals surface area contributed by atoms with E-state index in [9.17, 15) is 4.79 Å². The summed E-state index contributed by atoms with van der Waals surface area (Å²) in [6.45, 7) is 0. The van der Waals surface area contributed by atoms with Crippen molar-refractivity contribution >= 4 is 12.1 Å². The van der Waals surface area contributed by atoms with Crippen molar-refractivity contribution in [3.63, 3.8) is 0 Å². The van der Waals surface area contributed by atoms with E-state index in [0.717, 1.165) is 5.82 Å². The summed E-state index contributed by atoms with van der Waals surface area (Å²) in [6, 6.07) is 0. The average Bonchev–Trinajstić information content (AvgIpc) is 2.05. The van der Waals surface area contributed by atoms with Crippen molar-refractivity contribution in [3.8, 4) is 0 Å². The Balaban J connectivity index is 2.91. The highest BCUT2D eigenvalue weighted by atomic mass is 16.1. The summed E-state index contributed by atoms with van der Waals surface area (Å²) >= 11 is 0. The van der Waals surface area contributed by atoms with Gasteiger partial charge in [0.15, 0.2) is 6.29 Å². The minimum Gasteiger partial charge on any atom is -0.361 e. The SMILES string of the molecule is CN(C)c1cnc(C=O)cn1. The molecule has 1 aromatic heterocycles. The second-order valence-corrected chi connectivity index (χ2v) is 2.31. The van der Waals surface area contributed by atoms with E-state index in [1.807, 2.05) is 19.0 Å². The fourth-order valence-electron chi connectivity index (χ4n) is 0.623. The maximum Gasteiger partial charge on any atom is 0.170 e. The van der Waals surface area contributed by atoms with E-state index in [4.69, 9.17) is 0 Å². The third-order valence-electron chi connectivity index (χ3n) is 1.24. The van der Waals surface area contributed by atoms with Crippen molar-refractivity contribution in [2.45, 2.75) is 0 Å². The number of carbonyl (C=O) groups excluding carboxylic acids is 1. The van der Waals surface area contributed by atoms with Gasteiger partial charge in [-0.1, -0.05) is 0 Å². The minimum atomic E-state index is 0.357. The molecule has 1 heterocycles. The van der Waals surface area contributed by atoms with Gasteiger partial charge in [0.25, 0.3) is 0 Å². The lowest BCUT2D eigenvalue weighted by Crippen LogP contribution is -2.11. The molecule has 0 saturated heterocycles. The monoisotopic (exact) mass is 151 g/mol.